The predicted octanol–water partition coefficient (Wildman–Crippen LogP) is 3.39. The van der Waals surface area contributed by atoms with Crippen LogP contribution in [0.3, 0.4) is 0 Å². The van der Waals surface area contributed by atoms with Crippen LogP contribution in [0.15, 0.2) is 46.0 Å². The van der Waals surface area contributed by atoms with Crippen molar-refractivity contribution in [3.8, 4) is 0 Å². The Bertz CT molecular complexity index is 231. The Hall–Kier alpha value is -0.534. The first-order valence-corrected chi connectivity index (χ1v) is 5.31. The Balaban J connectivity index is 2.17. The van der Waals surface area contributed by atoms with Gasteiger partial charge in [0.1, 0.15) is 0 Å². The molecule has 0 radical (unpaired) electrons. The third-order valence-corrected chi connectivity index (χ3v) is 2.58. The molecule has 0 aromatic heterocycles. The molecule has 1 heteroatoms. The van der Waals surface area contributed by atoms with Crippen LogP contribution in [-0.2, 0) is 14.7 Å². The zero-order chi connectivity index (χ0) is 8.65. The summed E-state index contributed by atoms with van der Waals surface area (Å²) in [5, 5.41) is 2.18. The van der Waals surface area contributed by atoms with E-state index in [4.69, 9.17) is 0 Å². The molecular formula is C11H14Co. The minimum absolute atomic E-state index is 1.12. The zero-order valence-electron chi connectivity index (χ0n) is 7.29. The van der Waals surface area contributed by atoms with Gasteiger partial charge in [0.25, 0.3) is 0 Å². The van der Waals surface area contributed by atoms with Crippen LogP contribution in [0.2, 0.25) is 0 Å². The van der Waals surface area contributed by atoms with E-state index in [0.717, 1.165) is 12.8 Å². The van der Waals surface area contributed by atoms with Crippen LogP contribution in [0.4, 0.5) is 0 Å². The van der Waals surface area contributed by atoms with Crippen molar-refractivity contribution in [1.29, 1.82) is 0 Å². The molecule has 1 aliphatic carbocycles. The van der Waals surface area contributed by atoms with Crippen molar-refractivity contribution in [2.45, 2.75) is 19.8 Å². The maximum absolute atomic E-state index is 2.19. The molecule has 0 fully saturated rings. The summed E-state index contributed by atoms with van der Waals surface area (Å²) in [4.78, 5) is 0. The van der Waals surface area contributed by atoms with Crippen LogP contribution in [0.1, 0.15) is 19.8 Å². The molecule has 0 amide bonds. The van der Waals surface area contributed by atoms with Crippen molar-refractivity contribution in [1.82, 2.24) is 0 Å². The standard InChI is InChI=1S/C6H9.C5H5.Co/c1-3-5-6-4-2;1-2-4-5-3-1;/h1,3,5-6H,4H2,2H3;1-3H,4H2;. The van der Waals surface area contributed by atoms with E-state index in [-0.39, 0.29) is 0 Å². The normalized spacial score (nSPS) is 16.9. The van der Waals surface area contributed by atoms with Crippen LogP contribution in [0.5, 0.6) is 0 Å². The van der Waals surface area contributed by atoms with E-state index < -0.39 is 0 Å². The Morgan fingerprint density at radius 3 is 3.08 bits per heavy atom. The van der Waals surface area contributed by atoms with E-state index in [1.807, 2.05) is 0 Å². The van der Waals surface area contributed by atoms with Crippen LogP contribution < -0.4 is 0 Å². The summed E-state index contributed by atoms with van der Waals surface area (Å²) in [6, 6.07) is 0. The second-order valence-corrected chi connectivity index (χ2v) is 3.77. The van der Waals surface area contributed by atoms with Gasteiger partial charge in [0.15, 0.2) is 0 Å². The van der Waals surface area contributed by atoms with Gasteiger partial charge in [-0.1, -0.05) is 0 Å². The van der Waals surface area contributed by atoms with Crippen LogP contribution in [-0.4, -0.2) is 0 Å². The summed E-state index contributed by atoms with van der Waals surface area (Å²) < 4.78 is 1.48. The predicted molar refractivity (Wildman–Crippen MR) is 50.4 cm³/mol. The van der Waals surface area contributed by atoms with E-state index in [9.17, 15) is 0 Å². The van der Waals surface area contributed by atoms with Crippen molar-refractivity contribution in [2.24, 2.45) is 0 Å². The van der Waals surface area contributed by atoms with E-state index in [0.29, 0.717) is 0 Å². The third kappa shape index (κ3) is 3.74. The van der Waals surface area contributed by atoms with Crippen LogP contribution in [0, 0.1) is 0 Å². The van der Waals surface area contributed by atoms with Gasteiger partial charge in [0, 0.05) is 0 Å². The molecule has 1 rings (SSSR count). The third-order valence-electron chi connectivity index (χ3n) is 1.44. The van der Waals surface area contributed by atoms with Crippen LogP contribution >= 0.6 is 0 Å². The van der Waals surface area contributed by atoms with Gasteiger partial charge in [-0.25, -0.2) is 0 Å². The molecule has 0 N–H and O–H groups in total. The Morgan fingerprint density at radius 2 is 2.42 bits per heavy atom. The summed E-state index contributed by atoms with van der Waals surface area (Å²) in [5.74, 6) is 0. The van der Waals surface area contributed by atoms with Crippen molar-refractivity contribution < 1.29 is 14.7 Å². The van der Waals surface area contributed by atoms with Crippen LogP contribution in [0.25, 0.3) is 0 Å². The first-order valence-electron chi connectivity index (χ1n) is 4.19. The quantitative estimate of drug-likeness (QED) is 0.617. The fourth-order valence-electron chi connectivity index (χ4n) is 0.838. The number of rotatable bonds is 4. The summed E-state index contributed by atoms with van der Waals surface area (Å²) >= 11 is 1.36. The van der Waals surface area contributed by atoms with Gasteiger partial charge in [0.05, 0.1) is 0 Å². The summed E-state index contributed by atoms with van der Waals surface area (Å²) in [5.41, 5.74) is 0. The SMILES string of the molecule is CCC=CC=[CH][Co][C]1=CC=CC1. The van der Waals surface area contributed by atoms with Gasteiger partial charge in [0.2, 0.25) is 0 Å². The van der Waals surface area contributed by atoms with Crippen molar-refractivity contribution in [3.63, 3.8) is 0 Å². The molecular weight excluding hydrogens is 191 g/mol. The second kappa shape index (κ2) is 6.04. The van der Waals surface area contributed by atoms with E-state index in [1.54, 1.807) is 0 Å². The maximum atomic E-state index is 2.19. The Morgan fingerprint density at radius 1 is 1.50 bits per heavy atom. The van der Waals surface area contributed by atoms with Gasteiger partial charge < -0.3 is 0 Å². The second-order valence-electron chi connectivity index (χ2n) is 2.45. The molecule has 0 saturated heterocycles. The first-order chi connectivity index (χ1) is 5.93. The summed E-state index contributed by atoms with van der Waals surface area (Å²) in [7, 11) is 0. The molecule has 0 nitrogen and oxygen atoms in total. The van der Waals surface area contributed by atoms with Gasteiger partial charge in [-0.05, 0) is 0 Å². The van der Waals surface area contributed by atoms with Gasteiger partial charge in [-0.15, -0.1) is 0 Å². The number of hydrogen-bond acceptors (Lipinski definition) is 0. The fraction of sp³-hybridized carbons (Fsp3) is 0.273. The average molecular weight is 205 g/mol. The van der Waals surface area contributed by atoms with Gasteiger partial charge in [-0.2, -0.15) is 0 Å². The average Bonchev–Trinajstić information content (AvgIpc) is 2.57. The van der Waals surface area contributed by atoms with Crippen molar-refractivity contribution in [3.05, 3.63) is 46.0 Å². The van der Waals surface area contributed by atoms with E-state index in [1.165, 1.54) is 19.2 Å². The molecule has 0 spiro atoms. The molecule has 0 heterocycles. The minimum atomic E-state index is 1.12. The van der Waals surface area contributed by atoms with Crippen molar-refractivity contribution in [2.75, 3.05) is 0 Å². The molecule has 0 aromatic carbocycles. The number of hydrogen-bond donors (Lipinski definition) is 0. The Kier molecular flexibility index (Phi) is 4.80. The van der Waals surface area contributed by atoms with E-state index >= 15 is 0 Å². The van der Waals surface area contributed by atoms with Crippen molar-refractivity contribution >= 4 is 0 Å². The molecule has 0 saturated carbocycles. The Labute approximate surface area is 80.7 Å². The monoisotopic (exact) mass is 205 g/mol. The fourth-order valence-corrected chi connectivity index (χ4v) is 1.72. The number of allylic oxidation sites excluding steroid dienone is 7. The topological polar surface area (TPSA) is 0 Å². The molecule has 0 aromatic rings. The molecule has 0 atom stereocenters. The first kappa shape index (κ1) is 9.55. The summed E-state index contributed by atoms with van der Waals surface area (Å²) in [6.45, 7) is 2.14. The molecule has 0 unspecified atom stereocenters. The van der Waals surface area contributed by atoms with E-state index in [2.05, 4.69) is 48.4 Å². The molecule has 12 heavy (non-hydrogen) atoms. The zero-order valence-corrected chi connectivity index (χ0v) is 8.33. The molecule has 1 aliphatic rings. The molecule has 67 valence electrons. The van der Waals surface area contributed by atoms with Gasteiger partial charge >= 0.3 is 80.4 Å². The molecule has 0 bridgehead atoms. The van der Waals surface area contributed by atoms with Gasteiger partial charge in [-0.3, -0.25) is 0 Å². The molecule has 0 aliphatic heterocycles. The summed E-state index contributed by atoms with van der Waals surface area (Å²) in [6.07, 6.45) is 15.1.